The Balaban J connectivity index is 2.05. The topological polar surface area (TPSA) is 52.0 Å². The highest BCUT2D eigenvalue weighted by Crippen LogP contribution is 1.92. The zero-order chi connectivity index (χ0) is 10.9. The van der Waals surface area contributed by atoms with Crippen molar-refractivity contribution < 1.29 is 4.74 Å². The van der Waals surface area contributed by atoms with Crippen molar-refractivity contribution in [2.45, 2.75) is 32.4 Å². The van der Waals surface area contributed by atoms with Gasteiger partial charge in [-0.1, -0.05) is 12.1 Å². The molecule has 1 unspecified atom stereocenters. The van der Waals surface area contributed by atoms with Gasteiger partial charge in [-0.15, -0.1) is 5.10 Å². The fraction of sp³-hybridized carbons (Fsp3) is 0.800. The highest BCUT2D eigenvalue weighted by Gasteiger charge is 2.03. The molecule has 0 aliphatic rings. The molecule has 1 atom stereocenters. The number of rotatable bonds is 8. The monoisotopic (exact) mass is 212 g/mol. The van der Waals surface area contributed by atoms with Crippen LogP contribution in [-0.2, 0) is 11.3 Å². The SMILES string of the molecule is CCC(COC)NCCCn1ccnn1. The van der Waals surface area contributed by atoms with Crippen LogP contribution in [0.3, 0.4) is 0 Å². The molecule has 0 aromatic carbocycles. The molecule has 1 rings (SSSR count). The predicted octanol–water partition coefficient (Wildman–Crippen LogP) is 0.683. The molecule has 0 saturated carbocycles. The summed E-state index contributed by atoms with van der Waals surface area (Å²) in [5.74, 6) is 0. The molecule has 0 fully saturated rings. The molecular weight excluding hydrogens is 192 g/mol. The van der Waals surface area contributed by atoms with Gasteiger partial charge >= 0.3 is 0 Å². The number of nitrogens with one attached hydrogen (secondary N) is 1. The molecule has 0 bridgehead atoms. The first kappa shape index (κ1) is 12.1. The first-order chi connectivity index (χ1) is 7.36. The van der Waals surface area contributed by atoms with E-state index >= 15 is 0 Å². The van der Waals surface area contributed by atoms with Crippen LogP contribution in [0.4, 0.5) is 0 Å². The maximum Gasteiger partial charge on any atom is 0.0692 e. The van der Waals surface area contributed by atoms with E-state index in [9.17, 15) is 0 Å². The van der Waals surface area contributed by atoms with E-state index in [1.807, 2.05) is 10.9 Å². The summed E-state index contributed by atoms with van der Waals surface area (Å²) in [5, 5.41) is 11.1. The molecule has 0 aliphatic heterocycles. The van der Waals surface area contributed by atoms with Gasteiger partial charge in [-0.3, -0.25) is 4.68 Å². The van der Waals surface area contributed by atoms with E-state index in [0.29, 0.717) is 6.04 Å². The molecule has 1 heterocycles. The van der Waals surface area contributed by atoms with Gasteiger partial charge in [0.1, 0.15) is 0 Å². The highest BCUT2D eigenvalue weighted by atomic mass is 16.5. The van der Waals surface area contributed by atoms with Crippen molar-refractivity contribution in [3.63, 3.8) is 0 Å². The van der Waals surface area contributed by atoms with Crippen LogP contribution in [0.1, 0.15) is 19.8 Å². The Morgan fingerprint density at radius 2 is 2.40 bits per heavy atom. The van der Waals surface area contributed by atoms with Crippen LogP contribution in [-0.4, -0.2) is 41.3 Å². The van der Waals surface area contributed by atoms with Gasteiger partial charge < -0.3 is 10.1 Å². The average Bonchev–Trinajstić information content (AvgIpc) is 2.75. The van der Waals surface area contributed by atoms with Crippen LogP contribution in [0.15, 0.2) is 12.4 Å². The van der Waals surface area contributed by atoms with Gasteiger partial charge in [-0.2, -0.15) is 0 Å². The van der Waals surface area contributed by atoms with Gasteiger partial charge in [0.05, 0.1) is 12.8 Å². The van der Waals surface area contributed by atoms with Crippen molar-refractivity contribution in [1.29, 1.82) is 0 Å². The minimum Gasteiger partial charge on any atom is -0.383 e. The molecule has 0 saturated heterocycles. The number of nitrogens with zero attached hydrogens (tertiary/aromatic N) is 3. The Hall–Kier alpha value is -0.940. The molecule has 5 nitrogen and oxygen atoms in total. The Labute approximate surface area is 90.8 Å². The Morgan fingerprint density at radius 3 is 3.00 bits per heavy atom. The van der Waals surface area contributed by atoms with E-state index in [1.165, 1.54) is 0 Å². The van der Waals surface area contributed by atoms with Crippen molar-refractivity contribution in [1.82, 2.24) is 20.3 Å². The average molecular weight is 212 g/mol. The van der Waals surface area contributed by atoms with Crippen molar-refractivity contribution in [3.05, 3.63) is 12.4 Å². The van der Waals surface area contributed by atoms with Crippen molar-refractivity contribution in [3.8, 4) is 0 Å². The molecule has 0 spiro atoms. The standard InChI is InChI=1S/C10H20N4O/c1-3-10(9-15-2)11-5-4-7-14-8-6-12-13-14/h6,8,10-11H,3-5,7,9H2,1-2H3. The van der Waals surface area contributed by atoms with Crippen molar-refractivity contribution in [2.75, 3.05) is 20.3 Å². The summed E-state index contributed by atoms with van der Waals surface area (Å²) in [6, 6.07) is 0.464. The van der Waals surface area contributed by atoms with Crippen LogP contribution in [0.25, 0.3) is 0 Å². The smallest absolute Gasteiger partial charge is 0.0692 e. The highest BCUT2D eigenvalue weighted by molar-refractivity contribution is 4.66. The van der Waals surface area contributed by atoms with Crippen LogP contribution in [0.5, 0.6) is 0 Å². The molecule has 1 aromatic heterocycles. The summed E-state index contributed by atoms with van der Waals surface area (Å²) in [4.78, 5) is 0. The lowest BCUT2D eigenvalue weighted by atomic mass is 10.2. The maximum atomic E-state index is 5.11. The van der Waals surface area contributed by atoms with Crippen molar-refractivity contribution >= 4 is 0 Å². The third-order valence-electron chi connectivity index (χ3n) is 2.33. The Morgan fingerprint density at radius 1 is 1.53 bits per heavy atom. The molecule has 0 aliphatic carbocycles. The second kappa shape index (κ2) is 7.36. The minimum atomic E-state index is 0.464. The van der Waals surface area contributed by atoms with Crippen LogP contribution in [0.2, 0.25) is 0 Å². The largest absolute Gasteiger partial charge is 0.383 e. The third kappa shape index (κ3) is 4.90. The summed E-state index contributed by atoms with van der Waals surface area (Å²) in [7, 11) is 1.74. The summed E-state index contributed by atoms with van der Waals surface area (Å²) in [6.45, 7) is 4.84. The normalized spacial score (nSPS) is 12.9. The quantitative estimate of drug-likeness (QED) is 0.644. The fourth-order valence-electron chi connectivity index (χ4n) is 1.42. The molecular formula is C10H20N4O. The lowest BCUT2D eigenvalue weighted by Crippen LogP contribution is -2.33. The van der Waals surface area contributed by atoms with E-state index in [4.69, 9.17) is 4.74 Å². The molecule has 0 amide bonds. The molecule has 86 valence electrons. The number of ether oxygens (including phenoxy) is 1. The zero-order valence-electron chi connectivity index (χ0n) is 9.52. The summed E-state index contributed by atoms with van der Waals surface area (Å²) in [5.41, 5.74) is 0. The van der Waals surface area contributed by atoms with E-state index in [2.05, 4.69) is 22.6 Å². The van der Waals surface area contributed by atoms with E-state index < -0.39 is 0 Å². The molecule has 5 heteroatoms. The van der Waals surface area contributed by atoms with Crippen molar-refractivity contribution in [2.24, 2.45) is 0 Å². The van der Waals surface area contributed by atoms with Crippen LogP contribution >= 0.6 is 0 Å². The third-order valence-corrected chi connectivity index (χ3v) is 2.33. The maximum absolute atomic E-state index is 5.11. The van der Waals surface area contributed by atoms with Gasteiger partial charge in [0, 0.05) is 25.9 Å². The predicted molar refractivity (Wildman–Crippen MR) is 58.6 cm³/mol. The Bertz CT molecular complexity index is 238. The molecule has 0 radical (unpaired) electrons. The number of methoxy groups -OCH3 is 1. The summed E-state index contributed by atoms with van der Waals surface area (Å²) in [6.07, 6.45) is 5.74. The summed E-state index contributed by atoms with van der Waals surface area (Å²) < 4.78 is 6.95. The molecule has 1 N–H and O–H groups in total. The number of aromatic nitrogens is 3. The molecule has 1 aromatic rings. The first-order valence-corrected chi connectivity index (χ1v) is 5.43. The lowest BCUT2D eigenvalue weighted by Gasteiger charge is -2.15. The molecule has 15 heavy (non-hydrogen) atoms. The minimum absolute atomic E-state index is 0.464. The van der Waals surface area contributed by atoms with E-state index in [0.717, 1.165) is 32.5 Å². The number of aryl methyl sites for hydroxylation is 1. The number of hydrogen-bond donors (Lipinski definition) is 1. The van der Waals surface area contributed by atoms with E-state index in [1.54, 1.807) is 13.3 Å². The zero-order valence-corrected chi connectivity index (χ0v) is 9.52. The van der Waals surface area contributed by atoms with Gasteiger partial charge in [-0.05, 0) is 19.4 Å². The second-order valence-corrected chi connectivity index (χ2v) is 3.53. The van der Waals surface area contributed by atoms with Gasteiger partial charge in [0.2, 0.25) is 0 Å². The van der Waals surface area contributed by atoms with Gasteiger partial charge in [0.25, 0.3) is 0 Å². The lowest BCUT2D eigenvalue weighted by molar-refractivity contribution is 0.164. The summed E-state index contributed by atoms with van der Waals surface area (Å²) >= 11 is 0. The Kier molecular flexibility index (Phi) is 5.96. The van der Waals surface area contributed by atoms with Crippen LogP contribution < -0.4 is 5.32 Å². The van der Waals surface area contributed by atoms with Crippen LogP contribution in [0, 0.1) is 0 Å². The number of hydrogen-bond acceptors (Lipinski definition) is 4. The first-order valence-electron chi connectivity index (χ1n) is 5.43. The van der Waals surface area contributed by atoms with E-state index in [-0.39, 0.29) is 0 Å². The second-order valence-electron chi connectivity index (χ2n) is 3.53. The van der Waals surface area contributed by atoms with Gasteiger partial charge in [-0.25, -0.2) is 0 Å². The van der Waals surface area contributed by atoms with Gasteiger partial charge in [0.15, 0.2) is 0 Å². The fourth-order valence-corrected chi connectivity index (χ4v) is 1.42.